The minimum atomic E-state index is 1.11. The molecular weight excluding hydrogens is 647 g/mol. The second-order valence-corrected chi connectivity index (χ2v) is 14.4. The van der Waals surface area contributed by atoms with E-state index in [9.17, 15) is 0 Å². The molecule has 1 aromatic heterocycles. The fourth-order valence-electron chi connectivity index (χ4n) is 7.86. The Bertz CT molecular complexity index is 2910. The molecule has 244 valence electrons. The van der Waals surface area contributed by atoms with Gasteiger partial charge < -0.3 is 4.90 Å². The smallest absolute Gasteiger partial charge is 0.0540 e. The number of para-hydroxylation sites is 1. The van der Waals surface area contributed by atoms with Crippen LogP contribution in [-0.4, -0.2) is 0 Å². The molecule has 0 N–H and O–H groups in total. The van der Waals surface area contributed by atoms with Gasteiger partial charge in [-0.3, -0.25) is 0 Å². The number of thiophene rings is 1. The van der Waals surface area contributed by atoms with E-state index in [1.807, 2.05) is 11.3 Å². The van der Waals surface area contributed by atoms with Crippen LogP contribution < -0.4 is 4.90 Å². The number of anilines is 3. The summed E-state index contributed by atoms with van der Waals surface area (Å²) in [5.41, 5.74) is 10.7. The zero-order chi connectivity index (χ0) is 34.4. The Kier molecular flexibility index (Phi) is 7.41. The molecule has 1 heterocycles. The van der Waals surface area contributed by atoms with Crippen LogP contribution in [0.3, 0.4) is 0 Å². The van der Waals surface area contributed by atoms with Crippen LogP contribution in [0.15, 0.2) is 200 Å². The van der Waals surface area contributed by atoms with Gasteiger partial charge in [0.05, 0.1) is 11.4 Å². The summed E-state index contributed by atoms with van der Waals surface area (Å²) in [4.78, 5) is 2.44. The molecule has 0 bridgehead atoms. The highest BCUT2D eigenvalue weighted by Crippen LogP contribution is 2.45. The fraction of sp³-hybridized carbons (Fsp3) is 0. The second-order valence-electron chi connectivity index (χ2n) is 13.3. The zero-order valence-corrected chi connectivity index (χ0v) is 29.2. The Morgan fingerprint density at radius 1 is 0.327 bits per heavy atom. The van der Waals surface area contributed by atoms with Gasteiger partial charge in [-0.05, 0) is 86.4 Å². The van der Waals surface area contributed by atoms with Crippen molar-refractivity contribution in [2.24, 2.45) is 0 Å². The summed E-state index contributed by atoms with van der Waals surface area (Å²) in [6.45, 7) is 0. The second kappa shape index (κ2) is 12.7. The third-order valence-corrected chi connectivity index (χ3v) is 11.4. The number of hydrogen-bond donors (Lipinski definition) is 0. The average Bonchev–Trinajstić information content (AvgIpc) is 3.61. The first kappa shape index (κ1) is 30.4. The van der Waals surface area contributed by atoms with Gasteiger partial charge in [-0.1, -0.05) is 158 Å². The third-order valence-electron chi connectivity index (χ3n) is 10.3. The number of hydrogen-bond acceptors (Lipinski definition) is 2. The van der Waals surface area contributed by atoms with Crippen molar-refractivity contribution in [3.8, 4) is 33.4 Å². The van der Waals surface area contributed by atoms with Crippen molar-refractivity contribution in [2.75, 3.05) is 4.90 Å². The predicted octanol–water partition coefficient (Wildman–Crippen LogP) is 14.8. The first-order valence-electron chi connectivity index (χ1n) is 17.8. The van der Waals surface area contributed by atoms with Crippen LogP contribution in [0.2, 0.25) is 0 Å². The molecule has 0 atom stereocenters. The van der Waals surface area contributed by atoms with E-state index in [-0.39, 0.29) is 0 Å². The lowest BCUT2D eigenvalue weighted by Gasteiger charge is -2.29. The van der Waals surface area contributed by atoms with E-state index in [1.165, 1.54) is 75.1 Å². The SMILES string of the molecule is c1cc(-c2ccccc2N(c2ccc(-c3cccc4sc5ccccc5c34)cc2)c2cccc3ccccc23)cc(-c2cccc3ccccc23)c1. The molecule has 9 aromatic carbocycles. The van der Waals surface area contributed by atoms with E-state index < -0.39 is 0 Å². The lowest BCUT2D eigenvalue weighted by Crippen LogP contribution is -2.11. The lowest BCUT2D eigenvalue weighted by atomic mass is 9.94. The molecule has 0 unspecified atom stereocenters. The highest BCUT2D eigenvalue weighted by Gasteiger charge is 2.20. The molecule has 52 heavy (non-hydrogen) atoms. The molecule has 2 heteroatoms. The average molecular weight is 680 g/mol. The Morgan fingerprint density at radius 2 is 0.865 bits per heavy atom. The minimum Gasteiger partial charge on any atom is -0.309 e. The van der Waals surface area contributed by atoms with Gasteiger partial charge >= 0.3 is 0 Å². The Hall–Kier alpha value is -6.48. The standard InChI is InChI=1S/C50H33NS/c1-3-19-40-34(13-1)15-10-23-41(40)37-17-9-18-38(33-37)43-21-5-7-25-46(43)51(47-26-11-16-35-14-2-4-20-42(35)47)39-31-29-36(30-32-39)44-24-12-28-49-50(44)45-22-6-8-27-48(45)52-49/h1-33H. The van der Waals surface area contributed by atoms with E-state index in [2.05, 4.69) is 205 Å². The zero-order valence-electron chi connectivity index (χ0n) is 28.4. The number of fused-ring (bicyclic) bond motifs is 5. The summed E-state index contributed by atoms with van der Waals surface area (Å²) < 4.78 is 2.64. The van der Waals surface area contributed by atoms with Gasteiger partial charge in [0.2, 0.25) is 0 Å². The quantitative estimate of drug-likeness (QED) is 0.169. The Labute approximate surface area is 307 Å². The largest absolute Gasteiger partial charge is 0.309 e. The molecule has 10 rings (SSSR count). The molecule has 0 fully saturated rings. The van der Waals surface area contributed by atoms with Gasteiger partial charge in [-0.15, -0.1) is 11.3 Å². The molecule has 10 aromatic rings. The van der Waals surface area contributed by atoms with Gasteiger partial charge in [0.25, 0.3) is 0 Å². The fourth-order valence-corrected chi connectivity index (χ4v) is 8.99. The molecule has 0 radical (unpaired) electrons. The molecule has 0 amide bonds. The molecule has 0 spiro atoms. The van der Waals surface area contributed by atoms with Gasteiger partial charge in [0.15, 0.2) is 0 Å². The van der Waals surface area contributed by atoms with Crippen molar-refractivity contribution in [2.45, 2.75) is 0 Å². The molecule has 0 saturated carbocycles. The van der Waals surface area contributed by atoms with E-state index >= 15 is 0 Å². The van der Waals surface area contributed by atoms with Gasteiger partial charge in [0.1, 0.15) is 0 Å². The summed E-state index contributed by atoms with van der Waals surface area (Å²) in [5, 5.41) is 7.59. The first-order valence-corrected chi connectivity index (χ1v) is 18.6. The Balaban J connectivity index is 1.14. The van der Waals surface area contributed by atoms with Gasteiger partial charge in [0, 0.05) is 36.8 Å². The van der Waals surface area contributed by atoms with E-state index in [0.29, 0.717) is 0 Å². The predicted molar refractivity (Wildman–Crippen MR) is 225 cm³/mol. The molecule has 0 aliphatic rings. The molecule has 0 aliphatic carbocycles. The highest BCUT2D eigenvalue weighted by atomic mass is 32.1. The summed E-state index contributed by atoms with van der Waals surface area (Å²) in [6, 6.07) is 72.9. The van der Waals surface area contributed by atoms with Crippen molar-refractivity contribution in [3.05, 3.63) is 200 Å². The van der Waals surface area contributed by atoms with E-state index in [1.54, 1.807) is 0 Å². The monoisotopic (exact) mass is 679 g/mol. The molecule has 1 nitrogen and oxygen atoms in total. The van der Waals surface area contributed by atoms with Crippen LogP contribution in [0.1, 0.15) is 0 Å². The third kappa shape index (κ3) is 5.16. The van der Waals surface area contributed by atoms with Crippen molar-refractivity contribution in [3.63, 3.8) is 0 Å². The van der Waals surface area contributed by atoms with Crippen LogP contribution in [0.4, 0.5) is 17.1 Å². The number of nitrogens with zero attached hydrogens (tertiary/aromatic N) is 1. The van der Waals surface area contributed by atoms with Crippen LogP contribution in [-0.2, 0) is 0 Å². The lowest BCUT2D eigenvalue weighted by molar-refractivity contribution is 1.30. The topological polar surface area (TPSA) is 3.24 Å². The molecular formula is C50H33NS. The van der Waals surface area contributed by atoms with Crippen molar-refractivity contribution in [1.29, 1.82) is 0 Å². The Morgan fingerprint density at radius 3 is 1.71 bits per heavy atom. The van der Waals surface area contributed by atoms with Crippen LogP contribution in [0.5, 0.6) is 0 Å². The van der Waals surface area contributed by atoms with Crippen LogP contribution in [0.25, 0.3) is 75.1 Å². The van der Waals surface area contributed by atoms with Crippen LogP contribution >= 0.6 is 11.3 Å². The number of benzene rings is 9. The maximum atomic E-state index is 2.44. The van der Waals surface area contributed by atoms with E-state index in [4.69, 9.17) is 0 Å². The van der Waals surface area contributed by atoms with Crippen molar-refractivity contribution in [1.82, 2.24) is 0 Å². The van der Waals surface area contributed by atoms with Gasteiger partial charge in [-0.25, -0.2) is 0 Å². The molecule has 0 aliphatic heterocycles. The minimum absolute atomic E-state index is 1.11. The number of rotatable bonds is 6. The normalized spacial score (nSPS) is 11.5. The molecule has 0 saturated heterocycles. The van der Waals surface area contributed by atoms with E-state index in [0.717, 1.165) is 17.1 Å². The van der Waals surface area contributed by atoms with Crippen molar-refractivity contribution >= 4 is 70.1 Å². The summed E-state index contributed by atoms with van der Waals surface area (Å²) in [6.07, 6.45) is 0. The highest BCUT2D eigenvalue weighted by molar-refractivity contribution is 7.25. The summed E-state index contributed by atoms with van der Waals surface area (Å²) >= 11 is 1.87. The maximum absolute atomic E-state index is 2.44. The summed E-state index contributed by atoms with van der Waals surface area (Å²) in [7, 11) is 0. The van der Waals surface area contributed by atoms with Gasteiger partial charge in [-0.2, -0.15) is 0 Å². The maximum Gasteiger partial charge on any atom is 0.0540 e. The first-order chi connectivity index (χ1) is 25.8. The van der Waals surface area contributed by atoms with Crippen molar-refractivity contribution < 1.29 is 0 Å². The summed E-state index contributed by atoms with van der Waals surface area (Å²) in [5.74, 6) is 0. The van der Waals surface area contributed by atoms with Crippen LogP contribution in [0, 0.1) is 0 Å².